The van der Waals surface area contributed by atoms with Gasteiger partial charge in [0.05, 0.1) is 11.9 Å². The maximum atomic E-state index is 13.7. The predicted molar refractivity (Wildman–Crippen MR) is 94.8 cm³/mol. The van der Waals surface area contributed by atoms with E-state index in [1.54, 1.807) is 18.3 Å². The van der Waals surface area contributed by atoms with Crippen LogP contribution in [-0.4, -0.2) is 10.9 Å². The van der Waals surface area contributed by atoms with Crippen LogP contribution in [0.5, 0.6) is 0 Å². The number of aromatic nitrogens is 1. The molecule has 0 saturated carbocycles. The van der Waals surface area contributed by atoms with Crippen molar-refractivity contribution in [3.05, 3.63) is 71.5 Å². The monoisotopic (exact) mass is 338 g/mol. The highest BCUT2D eigenvalue weighted by Gasteiger charge is 2.11. The number of hydrogen-bond donors (Lipinski definition) is 1. The molecule has 2 aromatic carbocycles. The lowest BCUT2D eigenvalue weighted by atomic mass is 10.1. The van der Waals surface area contributed by atoms with Crippen LogP contribution in [0.3, 0.4) is 0 Å². The van der Waals surface area contributed by atoms with Crippen molar-refractivity contribution >= 4 is 11.6 Å². The number of nitrogens with one attached hydrogen (secondary N) is 1. The van der Waals surface area contributed by atoms with Crippen molar-refractivity contribution < 1.29 is 13.6 Å². The number of anilines is 1. The van der Waals surface area contributed by atoms with Crippen molar-refractivity contribution in [3.63, 3.8) is 0 Å². The number of halogens is 1. The third-order valence-electron chi connectivity index (χ3n) is 3.85. The fourth-order valence-electron chi connectivity index (χ4n) is 2.45. The van der Waals surface area contributed by atoms with Crippen molar-refractivity contribution in [2.24, 2.45) is 0 Å². The van der Waals surface area contributed by atoms with Crippen LogP contribution < -0.4 is 5.32 Å². The molecule has 0 aliphatic carbocycles. The van der Waals surface area contributed by atoms with Crippen LogP contribution in [0.4, 0.5) is 10.1 Å². The molecule has 3 aromatic rings. The third kappa shape index (κ3) is 4.32. The van der Waals surface area contributed by atoms with Gasteiger partial charge in [0.25, 0.3) is 0 Å². The maximum absolute atomic E-state index is 13.7. The fourth-order valence-corrected chi connectivity index (χ4v) is 2.45. The van der Waals surface area contributed by atoms with E-state index < -0.39 is 5.82 Å². The summed E-state index contributed by atoms with van der Waals surface area (Å²) in [6, 6.07) is 12.5. The summed E-state index contributed by atoms with van der Waals surface area (Å²) in [5.41, 5.74) is 3.18. The summed E-state index contributed by atoms with van der Waals surface area (Å²) in [6.45, 7) is 3.86. The SMILES string of the molecule is Cc1ccc(-c2cnc(CCC(=O)Nc3cc(C)ccc3F)o2)cc1. The number of carbonyl (C=O) groups is 1. The zero-order valence-electron chi connectivity index (χ0n) is 14.2. The minimum absolute atomic E-state index is 0.168. The quantitative estimate of drug-likeness (QED) is 0.735. The van der Waals surface area contributed by atoms with E-state index in [9.17, 15) is 9.18 Å². The van der Waals surface area contributed by atoms with Crippen molar-refractivity contribution in [1.29, 1.82) is 0 Å². The molecule has 1 amide bonds. The molecular weight excluding hydrogens is 319 g/mol. The molecule has 0 unspecified atom stereocenters. The molecule has 3 rings (SSSR count). The smallest absolute Gasteiger partial charge is 0.224 e. The van der Waals surface area contributed by atoms with E-state index in [0.29, 0.717) is 18.1 Å². The average Bonchev–Trinajstić information content (AvgIpc) is 3.06. The van der Waals surface area contributed by atoms with Crippen LogP contribution in [0.2, 0.25) is 0 Å². The number of aryl methyl sites for hydroxylation is 3. The minimum atomic E-state index is -0.447. The van der Waals surface area contributed by atoms with E-state index in [2.05, 4.69) is 10.3 Å². The summed E-state index contributed by atoms with van der Waals surface area (Å²) in [5, 5.41) is 2.58. The first-order chi connectivity index (χ1) is 12.0. The van der Waals surface area contributed by atoms with E-state index in [1.165, 1.54) is 11.6 Å². The lowest BCUT2D eigenvalue weighted by molar-refractivity contribution is -0.116. The van der Waals surface area contributed by atoms with E-state index in [4.69, 9.17) is 4.42 Å². The largest absolute Gasteiger partial charge is 0.441 e. The molecule has 25 heavy (non-hydrogen) atoms. The number of nitrogens with zero attached hydrogens (tertiary/aromatic N) is 1. The summed E-state index contributed by atoms with van der Waals surface area (Å²) in [6.07, 6.45) is 2.17. The molecule has 0 radical (unpaired) electrons. The number of oxazole rings is 1. The molecule has 1 aromatic heterocycles. The van der Waals surface area contributed by atoms with Crippen LogP contribution in [0.25, 0.3) is 11.3 Å². The zero-order chi connectivity index (χ0) is 17.8. The first-order valence-corrected chi connectivity index (χ1v) is 8.09. The normalized spacial score (nSPS) is 10.7. The van der Waals surface area contributed by atoms with Crippen LogP contribution in [0.1, 0.15) is 23.4 Å². The standard InChI is InChI=1S/C20H19FN2O2/c1-13-3-6-15(7-4-13)18-12-22-20(25-18)10-9-19(24)23-17-11-14(2)5-8-16(17)21/h3-8,11-12H,9-10H2,1-2H3,(H,23,24). The van der Waals surface area contributed by atoms with Gasteiger partial charge in [-0.2, -0.15) is 0 Å². The Kier molecular flexibility index (Phi) is 4.93. The number of benzene rings is 2. The van der Waals surface area contributed by atoms with Gasteiger partial charge in [-0.05, 0) is 31.5 Å². The molecule has 1 heterocycles. The Morgan fingerprint density at radius 3 is 2.60 bits per heavy atom. The summed E-state index contributed by atoms with van der Waals surface area (Å²) < 4.78 is 19.4. The van der Waals surface area contributed by atoms with Gasteiger partial charge in [-0.3, -0.25) is 4.79 Å². The Morgan fingerprint density at radius 1 is 1.12 bits per heavy atom. The van der Waals surface area contributed by atoms with Crippen molar-refractivity contribution in [1.82, 2.24) is 4.98 Å². The second kappa shape index (κ2) is 7.30. The Labute approximate surface area is 145 Å². The second-order valence-corrected chi connectivity index (χ2v) is 6.02. The second-order valence-electron chi connectivity index (χ2n) is 6.02. The van der Waals surface area contributed by atoms with Gasteiger partial charge in [-0.1, -0.05) is 35.9 Å². The van der Waals surface area contributed by atoms with Crippen LogP contribution in [0, 0.1) is 19.7 Å². The minimum Gasteiger partial charge on any atom is -0.441 e. The van der Waals surface area contributed by atoms with E-state index in [0.717, 1.165) is 11.1 Å². The first kappa shape index (κ1) is 16.9. The van der Waals surface area contributed by atoms with Gasteiger partial charge in [0, 0.05) is 18.4 Å². The van der Waals surface area contributed by atoms with Crippen LogP contribution in [-0.2, 0) is 11.2 Å². The third-order valence-corrected chi connectivity index (χ3v) is 3.85. The van der Waals surface area contributed by atoms with Crippen LogP contribution >= 0.6 is 0 Å². The average molecular weight is 338 g/mol. The molecule has 0 atom stereocenters. The predicted octanol–water partition coefficient (Wildman–Crippen LogP) is 4.67. The zero-order valence-corrected chi connectivity index (χ0v) is 14.2. The number of hydrogen-bond acceptors (Lipinski definition) is 3. The molecule has 0 spiro atoms. The van der Waals surface area contributed by atoms with Gasteiger partial charge < -0.3 is 9.73 Å². The van der Waals surface area contributed by atoms with Gasteiger partial charge in [0.2, 0.25) is 5.91 Å². The Bertz CT molecular complexity index is 885. The number of rotatable bonds is 5. The van der Waals surface area contributed by atoms with Gasteiger partial charge in [0.1, 0.15) is 5.82 Å². The highest BCUT2D eigenvalue weighted by Crippen LogP contribution is 2.21. The Balaban J connectivity index is 1.59. The summed E-state index contributed by atoms with van der Waals surface area (Å²) in [4.78, 5) is 16.2. The van der Waals surface area contributed by atoms with Crippen LogP contribution in [0.15, 0.2) is 53.1 Å². The number of amides is 1. The molecule has 0 aliphatic rings. The molecule has 5 heteroatoms. The van der Waals surface area contributed by atoms with E-state index in [-0.39, 0.29) is 18.0 Å². The van der Waals surface area contributed by atoms with Crippen molar-refractivity contribution in [3.8, 4) is 11.3 Å². The summed E-state index contributed by atoms with van der Waals surface area (Å²) in [7, 11) is 0. The van der Waals surface area contributed by atoms with Gasteiger partial charge >= 0.3 is 0 Å². The molecule has 0 saturated heterocycles. The molecule has 0 fully saturated rings. The van der Waals surface area contributed by atoms with E-state index >= 15 is 0 Å². The highest BCUT2D eigenvalue weighted by atomic mass is 19.1. The van der Waals surface area contributed by atoms with Crippen molar-refractivity contribution in [2.75, 3.05) is 5.32 Å². The highest BCUT2D eigenvalue weighted by molar-refractivity contribution is 5.91. The Morgan fingerprint density at radius 2 is 1.84 bits per heavy atom. The lowest BCUT2D eigenvalue weighted by Gasteiger charge is -2.06. The maximum Gasteiger partial charge on any atom is 0.224 e. The molecule has 0 bridgehead atoms. The molecular formula is C20H19FN2O2. The van der Waals surface area contributed by atoms with Gasteiger partial charge in [-0.25, -0.2) is 9.37 Å². The topological polar surface area (TPSA) is 55.1 Å². The fraction of sp³-hybridized carbons (Fsp3) is 0.200. The first-order valence-electron chi connectivity index (χ1n) is 8.09. The van der Waals surface area contributed by atoms with Crippen molar-refractivity contribution in [2.45, 2.75) is 26.7 Å². The molecule has 0 aliphatic heterocycles. The number of carbonyl (C=O) groups excluding carboxylic acids is 1. The lowest BCUT2D eigenvalue weighted by Crippen LogP contribution is -2.13. The Hall–Kier alpha value is -2.95. The molecule has 1 N–H and O–H groups in total. The summed E-state index contributed by atoms with van der Waals surface area (Å²) in [5.74, 6) is 0.423. The van der Waals surface area contributed by atoms with Gasteiger partial charge in [0.15, 0.2) is 11.7 Å². The van der Waals surface area contributed by atoms with Gasteiger partial charge in [-0.15, -0.1) is 0 Å². The molecule has 128 valence electrons. The summed E-state index contributed by atoms with van der Waals surface area (Å²) >= 11 is 0. The van der Waals surface area contributed by atoms with E-state index in [1.807, 2.05) is 38.1 Å². The molecule has 4 nitrogen and oxygen atoms in total.